The Balaban J connectivity index is 1.60. The molecule has 2 aliphatic rings. The largest absolute Gasteiger partial charge is 0.391 e. The van der Waals surface area contributed by atoms with Crippen molar-refractivity contribution in [2.24, 2.45) is 0 Å². The molecular formula is C25H32N4O2. The third-order valence-electron chi connectivity index (χ3n) is 6.48. The molecule has 0 aliphatic heterocycles. The van der Waals surface area contributed by atoms with Gasteiger partial charge in [-0.2, -0.15) is 0 Å². The summed E-state index contributed by atoms with van der Waals surface area (Å²) in [7, 11) is 1.88. The predicted octanol–water partition coefficient (Wildman–Crippen LogP) is 3.87. The summed E-state index contributed by atoms with van der Waals surface area (Å²) in [6, 6.07) is 5.91. The molecule has 0 saturated heterocycles. The molecular weight excluding hydrogens is 388 g/mol. The first-order chi connectivity index (χ1) is 15.0. The topological polar surface area (TPSA) is 78.4 Å². The molecule has 1 amide bonds. The van der Waals surface area contributed by atoms with Gasteiger partial charge in [0.2, 0.25) is 0 Å². The Morgan fingerprint density at radius 3 is 2.71 bits per heavy atom. The number of rotatable bonds is 7. The van der Waals surface area contributed by atoms with E-state index in [0.29, 0.717) is 23.9 Å². The number of amides is 1. The van der Waals surface area contributed by atoms with Crippen molar-refractivity contribution in [2.45, 2.75) is 69.9 Å². The van der Waals surface area contributed by atoms with Crippen LogP contribution in [0.15, 0.2) is 37.2 Å². The van der Waals surface area contributed by atoms with Crippen LogP contribution in [0.25, 0.3) is 0 Å². The fraction of sp³-hybridized carbons (Fsp3) is 0.480. The number of pyridine rings is 2. The molecule has 31 heavy (non-hydrogen) atoms. The summed E-state index contributed by atoms with van der Waals surface area (Å²) in [5.74, 6) is 1.10. The maximum absolute atomic E-state index is 13.0. The molecule has 0 spiro atoms. The molecule has 4 rings (SSSR count). The minimum Gasteiger partial charge on any atom is -0.391 e. The van der Waals surface area contributed by atoms with Crippen LogP contribution in [0.4, 0.5) is 5.82 Å². The summed E-state index contributed by atoms with van der Waals surface area (Å²) in [6.07, 6.45) is 9.84. The highest BCUT2D eigenvalue weighted by atomic mass is 16.3. The second kappa shape index (κ2) is 9.18. The van der Waals surface area contributed by atoms with E-state index in [-0.39, 0.29) is 11.9 Å². The van der Waals surface area contributed by atoms with Gasteiger partial charge in [0.15, 0.2) is 0 Å². The summed E-state index contributed by atoms with van der Waals surface area (Å²) < 4.78 is 0. The highest BCUT2D eigenvalue weighted by Gasteiger charge is 2.27. The first-order valence-electron chi connectivity index (χ1n) is 11.3. The van der Waals surface area contributed by atoms with Gasteiger partial charge in [-0.05, 0) is 74.1 Å². The molecule has 2 aromatic rings. The molecule has 2 aliphatic carbocycles. The van der Waals surface area contributed by atoms with E-state index in [1.807, 2.05) is 31.1 Å². The SMILES string of the molecule is C=CN(C)c1nc(C(=O)N[C@H]2CCCC[C@@H]2O)cc(Cc2ccc(C3CC3)nc2)c1C. The predicted molar refractivity (Wildman–Crippen MR) is 122 cm³/mol. The van der Waals surface area contributed by atoms with Gasteiger partial charge in [-0.25, -0.2) is 4.98 Å². The van der Waals surface area contributed by atoms with Crippen molar-refractivity contribution in [2.75, 3.05) is 11.9 Å². The van der Waals surface area contributed by atoms with Crippen LogP contribution in [0.1, 0.15) is 77.3 Å². The van der Waals surface area contributed by atoms with Crippen LogP contribution in [0.3, 0.4) is 0 Å². The van der Waals surface area contributed by atoms with Crippen LogP contribution in [-0.2, 0) is 6.42 Å². The zero-order chi connectivity index (χ0) is 22.0. The highest BCUT2D eigenvalue weighted by molar-refractivity contribution is 5.93. The first kappa shape index (κ1) is 21.5. The zero-order valence-electron chi connectivity index (χ0n) is 18.5. The van der Waals surface area contributed by atoms with E-state index in [0.717, 1.165) is 42.4 Å². The van der Waals surface area contributed by atoms with Crippen molar-refractivity contribution in [3.8, 4) is 0 Å². The normalized spacial score (nSPS) is 20.9. The van der Waals surface area contributed by atoms with E-state index in [2.05, 4.69) is 34.0 Å². The van der Waals surface area contributed by atoms with E-state index in [1.165, 1.54) is 18.5 Å². The number of aliphatic hydroxyl groups excluding tert-OH is 1. The maximum Gasteiger partial charge on any atom is 0.270 e. The molecule has 0 aromatic carbocycles. The number of carbonyl (C=O) groups excluding carboxylic acids is 1. The third-order valence-corrected chi connectivity index (χ3v) is 6.48. The number of anilines is 1. The molecule has 2 heterocycles. The molecule has 164 valence electrons. The Morgan fingerprint density at radius 1 is 1.29 bits per heavy atom. The fourth-order valence-corrected chi connectivity index (χ4v) is 4.28. The Bertz CT molecular complexity index is 953. The van der Waals surface area contributed by atoms with Crippen LogP contribution in [-0.4, -0.2) is 40.2 Å². The maximum atomic E-state index is 13.0. The molecule has 0 radical (unpaired) electrons. The lowest BCUT2D eigenvalue weighted by Gasteiger charge is -2.28. The van der Waals surface area contributed by atoms with Gasteiger partial charge in [0, 0.05) is 24.9 Å². The zero-order valence-corrected chi connectivity index (χ0v) is 18.5. The summed E-state index contributed by atoms with van der Waals surface area (Å²) in [5.41, 5.74) is 4.70. The minimum absolute atomic E-state index is 0.215. The van der Waals surface area contributed by atoms with E-state index in [4.69, 9.17) is 0 Å². The Morgan fingerprint density at radius 2 is 2.06 bits per heavy atom. The van der Waals surface area contributed by atoms with E-state index in [9.17, 15) is 9.90 Å². The third kappa shape index (κ3) is 4.96. The molecule has 2 aromatic heterocycles. The van der Waals surface area contributed by atoms with Gasteiger partial charge in [0.1, 0.15) is 11.5 Å². The average molecular weight is 421 g/mol. The van der Waals surface area contributed by atoms with Crippen molar-refractivity contribution >= 4 is 11.7 Å². The Kier molecular flexibility index (Phi) is 6.37. The van der Waals surface area contributed by atoms with Gasteiger partial charge >= 0.3 is 0 Å². The molecule has 6 heteroatoms. The standard InChI is InChI=1S/C25H32N4O2/c1-4-29(3)24-16(2)19(13-17-9-12-20(26-15-17)18-10-11-18)14-22(27-24)25(31)28-21-7-5-6-8-23(21)30/h4,9,12,14-15,18,21,23,30H,1,5-8,10-11,13H2,2-3H3,(H,28,31)/t21-,23-/m0/s1. The lowest BCUT2D eigenvalue weighted by Crippen LogP contribution is -2.45. The van der Waals surface area contributed by atoms with Gasteiger partial charge in [-0.15, -0.1) is 0 Å². The number of hydrogen-bond donors (Lipinski definition) is 2. The number of hydrogen-bond acceptors (Lipinski definition) is 5. The number of aliphatic hydroxyl groups is 1. The second-order valence-corrected chi connectivity index (χ2v) is 8.88. The average Bonchev–Trinajstić information content (AvgIpc) is 3.62. The van der Waals surface area contributed by atoms with Gasteiger partial charge in [-0.1, -0.05) is 25.5 Å². The van der Waals surface area contributed by atoms with Crippen LogP contribution in [0, 0.1) is 6.92 Å². The molecule has 0 unspecified atom stereocenters. The van der Waals surface area contributed by atoms with E-state index >= 15 is 0 Å². The minimum atomic E-state index is -0.492. The van der Waals surface area contributed by atoms with Crippen molar-refractivity contribution in [1.29, 1.82) is 0 Å². The van der Waals surface area contributed by atoms with Gasteiger partial charge in [0.05, 0.1) is 12.1 Å². The number of carbonyl (C=O) groups is 1. The molecule has 2 atom stereocenters. The summed E-state index contributed by atoms with van der Waals surface area (Å²) in [5, 5.41) is 13.2. The number of nitrogens with one attached hydrogen (secondary N) is 1. The molecule has 2 fully saturated rings. The van der Waals surface area contributed by atoms with Crippen LogP contribution >= 0.6 is 0 Å². The van der Waals surface area contributed by atoms with Crippen LogP contribution < -0.4 is 10.2 Å². The summed E-state index contributed by atoms with van der Waals surface area (Å²) >= 11 is 0. The summed E-state index contributed by atoms with van der Waals surface area (Å²) in [6.45, 7) is 5.87. The molecule has 2 saturated carbocycles. The van der Waals surface area contributed by atoms with Crippen LogP contribution in [0.2, 0.25) is 0 Å². The molecule has 2 N–H and O–H groups in total. The van der Waals surface area contributed by atoms with Gasteiger partial charge in [-0.3, -0.25) is 9.78 Å². The smallest absolute Gasteiger partial charge is 0.270 e. The second-order valence-electron chi connectivity index (χ2n) is 8.88. The number of aromatic nitrogens is 2. The van der Waals surface area contributed by atoms with E-state index < -0.39 is 6.10 Å². The van der Waals surface area contributed by atoms with Crippen molar-refractivity contribution in [3.63, 3.8) is 0 Å². The highest BCUT2D eigenvalue weighted by Crippen LogP contribution is 2.38. The van der Waals surface area contributed by atoms with E-state index in [1.54, 1.807) is 6.20 Å². The summed E-state index contributed by atoms with van der Waals surface area (Å²) in [4.78, 5) is 24.1. The quantitative estimate of drug-likeness (QED) is 0.711. The van der Waals surface area contributed by atoms with Crippen LogP contribution in [0.5, 0.6) is 0 Å². The molecule has 0 bridgehead atoms. The van der Waals surface area contributed by atoms with Gasteiger partial charge < -0.3 is 15.3 Å². The Hall–Kier alpha value is -2.73. The van der Waals surface area contributed by atoms with Crippen molar-refractivity contribution < 1.29 is 9.90 Å². The fourth-order valence-electron chi connectivity index (χ4n) is 4.28. The molecule has 6 nitrogen and oxygen atoms in total. The monoisotopic (exact) mass is 420 g/mol. The van der Waals surface area contributed by atoms with Crippen molar-refractivity contribution in [1.82, 2.24) is 15.3 Å². The first-order valence-corrected chi connectivity index (χ1v) is 11.3. The Labute approximate surface area is 184 Å². The number of nitrogens with zero attached hydrogens (tertiary/aromatic N) is 3. The van der Waals surface area contributed by atoms with Gasteiger partial charge in [0.25, 0.3) is 5.91 Å². The lowest BCUT2D eigenvalue weighted by atomic mass is 9.92. The lowest BCUT2D eigenvalue weighted by molar-refractivity contribution is 0.0714. The van der Waals surface area contributed by atoms with Crippen molar-refractivity contribution in [3.05, 3.63) is 65.3 Å².